The van der Waals surface area contributed by atoms with Crippen molar-refractivity contribution >= 4 is 0 Å². The minimum atomic E-state index is -0.0522. The number of hydrogen-bond donors (Lipinski definition) is 1. The van der Waals surface area contributed by atoms with Crippen LogP contribution in [0.15, 0.2) is 29.1 Å². The Labute approximate surface area is 133 Å². The Morgan fingerprint density at radius 1 is 1.00 bits per heavy atom. The van der Waals surface area contributed by atoms with Gasteiger partial charge >= 0.3 is 5.69 Å². The molecule has 0 unspecified atom stereocenters. The van der Waals surface area contributed by atoms with Crippen LogP contribution in [-0.4, -0.2) is 9.55 Å². The van der Waals surface area contributed by atoms with Gasteiger partial charge < -0.3 is 4.98 Å². The Morgan fingerprint density at radius 2 is 1.64 bits per heavy atom. The molecule has 0 aliphatic rings. The van der Waals surface area contributed by atoms with E-state index in [2.05, 4.69) is 36.2 Å². The monoisotopic (exact) mass is 300 g/mol. The van der Waals surface area contributed by atoms with Crippen LogP contribution in [0.25, 0.3) is 11.3 Å². The first-order valence-corrected chi connectivity index (χ1v) is 8.48. The summed E-state index contributed by atoms with van der Waals surface area (Å²) in [6.07, 6.45) is 9.15. The molecule has 1 aromatic heterocycles. The molecule has 1 heterocycles. The highest BCUT2D eigenvalue weighted by molar-refractivity contribution is 5.62. The number of aromatic nitrogens is 2. The largest absolute Gasteiger partial charge is 0.325 e. The normalized spacial score (nSPS) is 11.0. The minimum Gasteiger partial charge on any atom is -0.309 e. The van der Waals surface area contributed by atoms with Crippen LogP contribution in [0.4, 0.5) is 0 Å². The van der Waals surface area contributed by atoms with E-state index in [9.17, 15) is 4.79 Å². The minimum absolute atomic E-state index is 0.0522. The van der Waals surface area contributed by atoms with Crippen LogP contribution < -0.4 is 5.69 Å². The van der Waals surface area contributed by atoms with E-state index in [1.54, 1.807) is 4.57 Å². The second-order valence-electron chi connectivity index (χ2n) is 6.18. The maximum atomic E-state index is 11.7. The summed E-state index contributed by atoms with van der Waals surface area (Å²) >= 11 is 0. The number of imidazole rings is 1. The van der Waals surface area contributed by atoms with Gasteiger partial charge in [-0.05, 0) is 25.3 Å². The lowest BCUT2D eigenvalue weighted by Gasteiger charge is -2.06. The summed E-state index contributed by atoms with van der Waals surface area (Å²) in [6.45, 7) is 4.20. The molecule has 0 amide bonds. The van der Waals surface area contributed by atoms with Crippen LogP contribution in [0.5, 0.6) is 0 Å². The molecule has 0 bridgehead atoms. The molecule has 3 nitrogen and oxygen atoms in total. The average Bonchev–Trinajstić information content (AvgIpc) is 2.77. The van der Waals surface area contributed by atoms with E-state index >= 15 is 0 Å². The molecule has 2 aromatic rings. The molecule has 0 fully saturated rings. The van der Waals surface area contributed by atoms with Gasteiger partial charge in [0, 0.05) is 18.3 Å². The van der Waals surface area contributed by atoms with E-state index in [-0.39, 0.29) is 5.69 Å². The summed E-state index contributed by atoms with van der Waals surface area (Å²) in [5.74, 6) is 0. The maximum absolute atomic E-state index is 11.7. The zero-order chi connectivity index (χ0) is 15.9. The first-order chi connectivity index (χ1) is 10.6. The maximum Gasteiger partial charge on any atom is 0.325 e. The Morgan fingerprint density at radius 3 is 2.23 bits per heavy atom. The lowest BCUT2D eigenvalue weighted by Crippen LogP contribution is -2.13. The molecule has 0 saturated carbocycles. The van der Waals surface area contributed by atoms with Crippen molar-refractivity contribution in [2.24, 2.45) is 7.05 Å². The number of hydrogen-bond acceptors (Lipinski definition) is 1. The molecular formula is C19H28N2O. The summed E-state index contributed by atoms with van der Waals surface area (Å²) in [6, 6.07) is 8.64. The van der Waals surface area contributed by atoms with E-state index in [1.807, 2.05) is 14.0 Å². The van der Waals surface area contributed by atoms with Gasteiger partial charge in [0.25, 0.3) is 0 Å². The molecule has 0 aliphatic carbocycles. The predicted octanol–water partition coefficient (Wildman–Crippen LogP) is 4.59. The fourth-order valence-corrected chi connectivity index (χ4v) is 3.01. The number of nitrogens with zero attached hydrogens (tertiary/aromatic N) is 1. The second-order valence-corrected chi connectivity index (χ2v) is 6.18. The molecule has 1 N–H and O–H groups in total. The van der Waals surface area contributed by atoms with Gasteiger partial charge in [0.05, 0.1) is 5.69 Å². The van der Waals surface area contributed by atoms with E-state index in [0.29, 0.717) is 0 Å². The number of benzene rings is 1. The van der Waals surface area contributed by atoms with Crippen molar-refractivity contribution < 1.29 is 0 Å². The zero-order valence-electron chi connectivity index (χ0n) is 14.1. The van der Waals surface area contributed by atoms with Gasteiger partial charge in [-0.15, -0.1) is 0 Å². The predicted molar refractivity (Wildman–Crippen MR) is 93.3 cm³/mol. The molecule has 0 atom stereocenters. The SMILES string of the molecule is CCCCCCCCc1ccc(-c2c(C)[nH]c(=O)n2C)cc1. The van der Waals surface area contributed by atoms with Gasteiger partial charge in [-0.1, -0.05) is 63.3 Å². The molecule has 0 radical (unpaired) electrons. The van der Waals surface area contributed by atoms with Crippen molar-refractivity contribution in [3.8, 4) is 11.3 Å². The summed E-state index contributed by atoms with van der Waals surface area (Å²) in [4.78, 5) is 14.5. The molecule has 0 spiro atoms. The number of H-pyrrole nitrogens is 1. The van der Waals surface area contributed by atoms with Crippen LogP contribution in [0.1, 0.15) is 56.7 Å². The van der Waals surface area contributed by atoms with Gasteiger partial charge in [0.1, 0.15) is 0 Å². The van der Waals surface area contributed by atoms with E-state index < -0.39 is 0 Å². The highest BCUT2D eigenvalue weighted by Crippen LogP contribution is 2.21. The number of nitrogens with one attached hydrogen (secondary N) is 1. The van der Waals surface area contributed by atoms with Gasteiger partial charge in [0.2, 0.25) is 0 Å². The molecule has 120 valence electrons. The van der Waals surface area contributed by atoms with Crippen LogP contribution in [0.3, 0.4) is 0 Å². The summed E-state index contributed by atoms with van der Waals surface area (Å²) in [7, 11) is 1.81. The standard InChI is InChI=1S/C19H28N2O/c1-4-5-6-7-8-9-10-16-11-13-17(14-12-16)18-15(2)20-19(22)21(18)3/h11-14H,4-10H2,1-3H3,(H,20,22). The smallest absolute Gasteiger partial charge is 0.309 e. The Balaban J connectivity index is 1.92. The fraction of sp³-hybridized carbons (Fsp3) is 0.526. The third-order valence-electron chi connectivity index (χ3n) is 4.34. The molecule has 0 saturated heterocycles. The lowest BCUT2D eigenvalue weighted by atomic mass is 10.0. The summed E-state index contributed by atoms with van der Waals surface area (Å²) in [5.41, 5.74) is 4.35. The summed E-state index contributed by atoms with van der Waals surface area (Å²) in [5, 5.41) is 0. The molecule has 3 heteroatoms. The zero-order valence-corrected chi connectivity index (χ0v) is 14.1. The topological polar surface area (TPSA) is 37.8 Å². The highest BCUT2D eigenvalue weighted by Gasteiger charge is 2.09. The van der Waals surface area contributed by atoms with Crippen molar-refractivity contribution in [2.75, 3.05) is 0 Å². The van der Waals surface area contributed by atoms with Crippen molar-refractivity contribution in [1.82, 2.24) is 9.55 Å². The molecule has 22 heavy (non-hydrogen) atoms. The van der Waals surface area contributed by atoms with Gasteiger partial charge in [-0.3, -0.25) is 4.57 Å². The van der Waals surface area contributed by atoms with Crippen LogP contribution >= 0.6 is 0 Å². The summed E-state index contributed by atoms with van der Waals surface area (Å²) < 4.78 is 1.68. The van der Waals surface area contributed by atoms with E-state index in [4.69, 9.17) is 0 Å². The number of rotatable bonds is 8. The van der Waals surface area contributed by atoms with E-state index in [1.165, 1.54) is 44.1 Å². The van der Waals surface area contributed by atoms with E-state index in [0.717, 1.165) is 23.4 Å². The molecule has 2 rings (SSSR count). The lowest BCUT2D eigenvalue weighted by molar-refractivity contribution is 0.607. The molecular weight excluding hydrogens is 272 g/mol. The quantitative estimate of drug-likeness (QED) is 0.711. The third-order valence-corrected chi connectivity index (χ3v) is 4.34. The second kappa shape index (κ2) is 8.02. The first-order valence-electron chi connectivity index (χ1n) is 8.48. The van der Waals surface area contributed by atoms with Gasteiger partial charge in [-0.2, -0.15) is 0 Å². The van der Waals surface area contributed by atoms with Crippen LogP contribution in [-0.2, 0) is 13.5 Å². The van der Waals surface area contributed by atoms with Gasteiger partial charge in [-0.25, -0.2) is 4.79 Å². The van der Waals surface area contributed by atoms with Crippen molar-refractivity contribution in [1.29, 1.82) is 0 Å². The molecule has 1 aromatic carbocycles. The number of aromatic amines is 1. The Hall–Kier alpha value is -1.77. The number of aryl methyl sites for hydroxylation is 2. The Kier molecular flexibility index (Phi) is 6.05. The Bertz CT molecular complexity index is 634. The fourth-order valence-electron chi connectivity index (χ4n) is 3.01. The first kappa shape index (κ1) is 16.6. The highest BCUT2D eigenvalue weighted by atomic mass is 16.1. The molecule has 0 aliphatic heterocycles. The van der Waals surface area contributed by atoms with Crippen LogP contribution in [0.2, 0.25) is 0 Å². The third kappa shape index (κ3) is 4.12. The van der Waals surface area contributed by atoms with Gasteiger partial charge in [0.15, 0.2) is 0 Å². The van der Waals surface area contributed by atoms with Crippen molar-refractivity contribution in [3.63, 3.8) is 0 Å². The van der Waals surface area contributed by atoms with Crippen molar-refractivity contribution in [3.05, 3.63) is 46.0 Å². The van der Waals surface area contributed by atoms with Crippen LogP contribution in [0, 0.1) is 6.92 Å². The average molecular weight is 300 g/mol. The van der Waals surface area contributed by atoms with Crippen molar-refractivity contribution in [2.45, 2.75) is 58.8 Å². The number of unbranched alkanes of at least 4 members (excludes halogenated alkanes) is 5.